The summed E-state index contributed by atoms with van der Waals surface area (Å²) in [5, 5.41) is 4.86. The first kappa shape index (κ1) is 32.2. The molecule has 0 saturated heterocycles. The lowest BCUT2D eigenvalue weighted by molar-refractivity contribution is 0.954. The van der Waals surface area contributed by atoms with Crippen LogP contribution >= 0.6 is 11.3 Å². The molecule has 11 rings (SSSR count). The molecule has 262 valence electrons. The minimum Gasteiger partial charge on any atom is -0.278 e. The number of aromatic nitrogens is 4. The van der Waals surface area contributed by atoms with Crippen molar-refractivity contribution in [3.05, 3.63) is 194 Å². The molecule has 0 N–H and O–H groups in total. The predicted octanol–water partition coefficient (Wildman–Crippen LogP) is 13.7. The summed E-state index contributed by atoms with van der Waals surface area (Å²) in [4.78, 5) is 15.6. The second kappa shape index (κ2) is 13.3. The molecule has 0 unspecified atom stereocenters. The van der Waals surface area contributed by atoms with Gasteiger partial charge in [0, 0.05) is 42.1 Å². The lowest BCUT2D eigenvalue weighted by Crippen LogP contribution is -2.06. The average Bonchev–Trinajstić information content (AvgIpc) is 3.83. The van der Waals surface area contributed by atoms with E-state index in [0.29, 0.717) is 17.6 Å². The largest absolute Gasteiger partial charge is 0.278 e. The van der Waals surface area contributed by atoms with Gasteiger partial charge in [-0.1, -0.05) is 164 Å². The highest BCUT2D eigenvalue weighted by Crippen LogP contribution is 2.49. The van der Waals surface area contributed by atoms with Gasteiger partial charge in [0.1, 0.15) is 0 Å². The number of fused-ring (bicyclic) bond motifs is 7. The minimum absolute atomic E-state index is 0.580. The van der Waals surface area contributed by atoms with Crippen LogP contribution in [0.4, 0.5) is 0 Å². The van der Waals surface area contributed by atoms with Crippen molar-refractivity contribution in [3.8, 4) is 62.1 Å². The first-order valence-corrected chi connectivity index (χ1v) is 19.6. The second-order valence-corrected chi connectivity index (χ2v) is 15.1. The number of nitrogens with zero attached hydrogens (tertiary/aromatic N) is 4. The molecule has 0 aliphatic rings. The Hall–Kier alpha value is -7.21. The van der Waals surface area contributed by atoms with E-state index in [1.165, 1.54) is 47.8 Å². The lowest BCUT2D eigenvalue weighted by Gasteiger charge is -2.12. The van der Waals surface area contributed by atoms with E-state index < -0.39 is 0 Å². The normalized spacial score (nSPS) is 11.6. The Morgan fingerprint density at radius 3 is 1.39 bits per heavy atom. The summed E-state index contributed by atoms with van der Waals surface area (Å²) in [5.41, 5.74) is 11.1. The fourth-order valence-corrected chi connectivity index (χ4v) is 9.28. The van der Waals surface area contributed by atoms with Gasteiger partial charge in [-0.15, -0.1) is 11.3 Å². The third-order valence-electron chi connectivity index (χ3n) is 10.7. The van der Waals surface area contributed by atoms with Crippen molar-refractivity contribution in [3.63, 3.8) is 0 Å². The molecule has 0 fully saturated rings. The van der Waals surface area contributed by atoms with Crippen LogP contribution in [0, 0.1) is 0 Å². The summed E-state index contributed by atoms with van der Waals surface area (Å²) >= 11 is 1.86. The van der Waals surface area contributed by atoms with E-state index in [0.717, 1.165) is 38.7 Å². The summed E-state index contributed by atoms with van der Waals surface area (Å²) < 4.78 is 4.75. The Morgan fingerprint density at radius 1 is 0.357 bits per heavy atom. The van der Waals surface area contributed by atoms with E-state index in [1.54, 1.807) is 0 Å². The Labute approximate surface area is 327 Å². The van der Waals surface area contributed by atoms with E-state index >= 15 is 0 Å². The maximum absolute atomic E-state index is 5.27. The highest BCUT2D eigenvalue weighted by Gasteiger charge is 2.24. The number of hydrogen-bond donors (Lipinski definition) is 0. The molecule has 0 bridgehead atoms. The van der Waals surface area contributed by atoms with E-state index in [-0.39, 0.29) is 0 Å². The van der Waals surface area contributed by atoms with Gasteiger partial charge in [0.05, 0.1) is 11.0 Å². The molecule has 3 aromatic heterocycles. The zero-order valence-corrected chi connectivity index (χ0v) is 31.0. The molecular weight excluding hydrogens is 701 g/mol. The maximum atomic E-state index is 5.27. The first-order chi connectivity index (χ1) is 27.8. The molecular formula is C51H32N4S. The van der Waals surface area contributed by atoms with Gasteiger partial charge < -0.3 is 0 Å². The Balaban J connectivity index is 1.29. The van der Waals surface area contributed by atoms with E-state index in [9.17, 15) is 0 Å². The fraction of sp³-hybridized carbons (Fsp3) is 0. The summed E-state index contributed by atoms with van der Waals surface area (Å²) in [6.45, 7) is 0. The van der Waals surface area contributed by atoms with Crippen LogP contribution in [0.3, 0.4) is 0 Å². The van der Waals surface area contributed by atoms with Crippen LogP contribution in [0.1, 0.15) is 0 Å². The molecule has 0 amide bonds. The fourth-order valence-electron chi connectivity index (χ4n) is 8.01. The van der Waals surface area contributed by atoms with Crippen LogP contribution in [0.5, 0.6) is 0 Å². The van der Waals surface area contributed by atoms with E-state index in [2.05, 4.69) is 162 Å². The van der Waals surface area contributed by atoms with E-state index in [4.69, 9.17) is 15.0 Å². The summed E-state index contributed by atoms with van der Waals surface area (Å²) in [6, 6.07) is 68.5. The van der Waals surface area contributed by atoms with Crippen LogP contribution in [0.25, 0.3) is 104 Å². The summed E-state index contributed by atoms with van der Waals surface area (Å²) in [5.74, 6) is 1.84. The highest BCUT2D eigenvalue weighted by molar-refractivity contribution is 7.27. The Kier molecular flexibility index (Phi) is 7.64. The molecule has 0 spiro atoms. The smallest absolute Gasteiger partial charge is 0.238 e. The molecule has 5 heteroatoms. The van der Waals surface area contributed by atoms with Crippen molar-refractivity contribution in [2.24, 2.45) is 0 Å². The van der Waals surface area contributed by atoms with Crippen LogP contribution in [0.15, 0.2) is 194 Å². The molecule has 0 saturated carbocycles. The number of benzene rings is 8. The van der Waals surface area contributed by atoms with Crippen molar-refractivity contribution < 1.29 is 0 Å². The van der Waals surface area contributed by atoms with Crippen LogP contribution in [-0.4, -0.2) is 19.5 Å². The van der Waals surface area contributed by atoms with Gasteiger partial charge in [-0.05, 0) is 63.7 Å². The van der Waals surface area contributed by atoms with Crippen molar-refractivity contribution in [2.45, 2.75) is 0 Å². The van der Waals surface area contributed by atoms with Crippen molar-refractivity contribution in [1.82, 2.24) is 19.5 Å². The zero-order chi connectivity index (χ0) is 37.0. The summed E-state index contributed by atoms with van der Waals surface area (Å²) in [6.07, 6.45) is 0. The second-order valence-electron chi connectivity index (χ2n) is 14.0. The van der Waals surface area contributed by atoms with Crippen molar-refractivity contribution >= 4 is 53.3 Å². The van der Waals surface area contributed by atoms with Crippen molar-refractivity contribution in [1.29, 1.82) is 0 Å². The molecule has 0 aliphatic carbocycles. The first-order valence-electron chi connectivity index (χ1n) is 18.8. The Morgan fingerprint density at radius 2 is 0.839 bits per heavy atom. The van der Waals surface area contributed by atoms with Crippen LogP contribution < -0.4 is 0 Å². The minimum atomic E-state index is 0.580. The zero-order valence-electron chi connectivity index (χ0n) is 30.2. The predicted molar refractivity (Wildman–Crippen MR) is 234 cm³/mol. The average molecular weight is 733 g/mol. The lowest BCUT2D eigenvalue weighted by atomic mass is 9.95. The number of hydrogen-bond acceptors (Lipinski definition) is 4. The van der Waals surface area contributed by atoms with E-state index in [1.807, 2.05) is 47.7 Å². The monoisotopic (exact) mass is 732 g/mol. The van der Waals surface area contributed by atoms with Crippen LogP contribution in [-0.2, 0) is 0 Å². The molecule has 56 heavy (non-hydrogen) atoms. The molecule has 0 atom stereocenters. The molecule has 0 aliphatic heterocycles. The number of thiophene rings is 1. The molecule has 4 nitrogen and oxygen atoms in total. The highest BCUT2D eigenvalue weighted by atomic mass is 32.1. The van der Waals surface area contributed by atoms with Gasteiger partial charge in [-0.3, -0.25) is 4.57 Å². The van der Waals surface area contributed by atoms with Gasteiger partial charge in [-0.25, -0.2) is 4.98 Å². The molecule has 0 radical (unpaired) electrons. The quantitative estimate of drug-likeness (QED) is 0.171. The third kappa shape index (κ3) is 5.40. The van der Waals surface area contributed by atoms with Crippen molar-refractivity contribution in [2.75, 3.05) is 0 Å². The van der Waals surface area contributed by atoms with Gasteiger partial charge in [-0.2, -0.15) is 9.97 Å². The topological polar surface area (TPSA) is 43.6 Å². The van der Waals surface area contributed by atoms with Crippen LogP contribution in [0.2, 0.25) is 0 Å². The van der Waals surface area contributed by atoms with Gasteiger partial charge in [0.15, 0.2) is 11.6 Å². The van der Waals surface area contributed by atoms with Gasteiger partial charge in [0.25, 0.3) is 0 Å². The molecule has 3 heterocycles. The van der Waals surface area contributed by atoms with Gasteiger partial charge >= 0.3 is 0 Å². The molecule has 11 aromatic rings. The maximum Gasteiger partial charge on any atom is 0.238 e. The SMILES string of the molecule is c1ccc(-c2ccc3sc4c(c(-c5ccccc5)cc5c4c4cc(-c6ccccc6)ccc4n5-c4nc(-c5ccccc5)nc(-c5ccccc5)n4)c3c2)cc1. The molecule has 8 aromatic carbocycles. The third-order valence-corrected chi connectivity index (χ3v) is 11.8. The Bertz CT molecular complexity index is 3150. The summed E-state index contributed by atoms with van der Waals surface area (Å²) in [7, 11) is 0. The standard InChI is InChI=1S/C51H32N4S/c1-6-16-33(17-7-1)38-26-28-43-41(30-38)47-44(55(43)51-53-49(36-22-12-4-13-23-36)52-50(54-51)37-24-14-5-15-25-37)32-40(35-20-10-3-11-21-35)46-42-31-39(34-18-8-2-9-19-34)27-29-45(42)56-48(46)47/h1-32H. The number of rotatable bonds is 6. The van der Waals surface area contributed by atoms with Gasteiger partial charge in [0.2, 0.25) is 5.95 Å².